The molecule has 1 aliphatic carbocycles. The van der Waals surface area contributed by atoms with Crippen LogP contribution in [0.5, 0.6) is 0 Å². The van der Waals surface area contributed by atoms with Crippen molar-refractivity contribution >= 4 is 5.91 Å². The van der Waals surface area contributed by atoms with Crippen molar-refractivity contribution in [3.63, 3.8) is 0 Å². The molecule has 3 aliphatic heterocycles. The summed E-state index contributed by atoms with van der Waals surface area (Å²) in [6, 6.07) is 0.729. The van der Waals surface area contributed by atoms with Crippen molar-refractivity contribution in [2.24, 2.45) is 5.92 Å². The minimum atomic E-state index is 0.0752. The zero-order valence-electron chi connectivity index (χ0n) is 13.1. The van der Waals surface area contributed by atoms with Gasteiger partial charge in [0.05, 0.1) is 5.60 Å². The second-order valence-corrected chi connectivity index (χ2v) is 7.52. The molecule has 118 valence electrons. The summed E-state index contributed by atoms with van der Waals surface area (Å²) in [6.07, 6.45) is 9.47. The molecule has 1 atom stereocenters. The summed E-state index contributed by atoms with van der Waals surface area (Å²) in [5, 5.41) is 0. The van der Waals surface area contributed by atoms with Crippen molar-refractivity contribution < 1.29 is 9.53 Å². The molecule has 1 unspecified atom stereocenters. The summed E-state index contributed by atoms with van der Waals surface area (Å²) in [7, 11) is 0. The molecule has 21 heavy (non-hydrogen) atoms. The first-order valence-corrected chi connectivity index (χ1v) is 8.93. The normalized spacial score (nSPS) is 33.5. The van der Waals surface area contributed by atoms with E-state index in [0.29, 0.717) is 11.8 Å². The maximum absolute atomic E-state index is 12.2. The van der Waals surface area contributed by atoms with Crippen LogP contribution < -0.4 is 0 Å². The zero-order chi connectivity index (χ0) is 14.3. The number of carbonyl (C=O) groups excluding carboxylic acids is 1. The lowest BCUT2D eigenvalue weighted by molar-refractivity contribution is -0.149. The molecule has 0 N–H and O–H groups in total. The Morgan fingerprint density at radius 3 is 2.38 bits per heavy atom. The molecular weight excluding hydrogens is 264 g/mol. The third kappa shape index (κ3) is 2.85. The quantitative estimate of drug-likeness (QED) is 0.781. The predicted octanol–water partition coefficient (Wildman–Crippen LogP) is 2.03. The molecule has 0 aromatic carbocycles. The second-order valence-electron chi connectivity index (χ2n) is 7.52. The molecule has 0 radical (unpaired) electrons. The Balaban J connectivity index is 1.35. The Morgan fingerprint density at radius 1 is 1.00 bits per heavy atom. The van der Waals surface area contributed by atoms with Crippen LogP contribution in [0.2, 0.25) is 0 Å². The molecule has 4 heteroatoms. The summed E-state index contributed by atoms with van der Waals surface area (Å²) >= 11 is 0. The van der Waals surface area contributed by atoms with E-state index in [0.717, 1.165) is 51.4 Å². The highest BCUT2D eigenvalue weighted by atomic mass is 16.5. The zero-order valence-corrected chi connectivity index (χ0v) is 13.1. The average Bonchev–Trinajstić information content (AvgIpc) is 3.22. The van der Waals surface area contributed by atoms with Crippen LogP contribution in [0.3, 0.4) is 0 Å². The molecule has 0 aromatic rings. The number of hydrogen-bond acceptors (Lipinski definition) is 3. The molecule has 1 saturated carbocycles. The molecule has 4 fully saturated rings. The molecule has 0 bridgehead atoms. The SMILES string of the molecule is O=C(C1CC1)N1CCC2(CC1)CC(N1CCCC1)CCO2. The molecule has 4 aliphatic rings. The van der Waals surface area contributed by atoms with Gasteiger partial charge in [-0.15, -0.1) is 0 Å². The molecule has 0 aromatic heterocycles. The minimum Gasteiger partial charge on any atom is -0.375 e. The van der Waals surface area contributed by atoms with Gasteiger partial charge in [-0.2, -0.15) is 0 Å². The lowest BCUT2D eigenvalue weighted by Crippen LogP contribution is -2.54. The van der Waals surface area contributed by atoms with Gasteiger partial charge in [-0.05, 0) is 64.5 Å². The summed E-state index contributed by atoms with van der Waals surface area (Å²) < 4.78 is 6.24. The van der Waals surface area contributed by atoms with Gasteiger partial charge in [0.1, 0.15) is 0 Å². The van der Waals surface area contributed by atoms with E-state index >= 15 is 0 Å². The van der Waals surface area contributed by atoms with Gasteiger partial charge >= 0.3 is 0 Å². The van der Waals surface area contributed by atoms with Crippen LogP contribution >= 0.6 is 0 Å². The highest BCUT2D eigenvalue weighted by Crippen LogP contribution is 2.39. The van der Waals surface area contributed by atoms with E-state index in [2.05, 4.69) is 9.80 Å². The number of ether oxygens (including phenoxy) is 1. The highest BCUT2D eigenvalue weighted by Gasteiger charge is 2.44. The second kappa shape index (κ2) is 5.54. The molecule has 4 nitrogen and oxygen atoms in total. The van der Waals surface area contributed by atoms with Crippen molar-refractivity contribution in [2.45, 2.75) is 63.0 Å². The number of rotatable bonds is 2. The summed E-state index contributed by atoms with van der Waals surface area (Å²) in [4.78, 5) is 17.0. The Labute approximate surface area is 127 Å². The molecule has 1 amide bonds. The van der Waals surface area contributed by atoms with E-state index in [1.54, 1.807) is 0 Å². The van der Waals surface area contributed by atoms with Gasteiger partial charge in [-0.3, -0.25) is 4.79 Å². The fourth-order valence-corrected chi connectivity index (χ4v) is 4.49. The van der Waals surface area contributed by atoms with Gasteiger partial charge in [0.15, 0.2) is 0 Å². The van der Waals surface area contributed by atoms with E-state index in [1.807, 2.05) is 0 Å². The first kappa shape index (κ1) is 14.0. The van der Waals surface area contributed by atoms with E-state index in [4.69, 9.17) is 4.74 Å². The van der Waals surface area contributed by atoms with Crippen molar-refractivity contribution in [1.82, 2.24) is 9.80 Å². The maximum atomic E-state index is 12.2. The fraction of sp³-hybridized carbons (Fsp3) is 0.941. The number of likely N-dealkylation sites (tertiary alicyclic amines) is 2. The Hall–Kier alpha value is -0.610. The van der Waals surface area contributed by atoms with Gasteiger partial charge in [0.2, 0.25) is 5.91 Å². The van der Waals surface area contributed by atoms with Crippen molar-refractivity contribution in [3.05, 3.63) is 0 Å². The van der Waals surface area contributed by atoms with Crippen LogP contribution in [0.25, 0.3) is 0 Å². The van der Waals surface area contributed by atoms with Gasteiger partial charge < -0.3 is 14.5 Å². The van der Waals surface area contributed by atoms with Gasteiger partial charge in [0.25, 0.3) is 0 Å². The van der Waals surface area contributed by atoms with Crippen LogP contribution in [-0.2, 0) is 9.53 Å². The van der Waals surface area contributed by atoms with Crippen molar-refractivity contribution in [2.75, 3.05) is 32.8 Å². The molecule has 3 saturated heterocycles. The highest BCUT2D eigenvalue weighted by molar-refractivity contribution is 5.81. The first-order valence-electron chi connectivity index (χ1n) is 8.93. The van der Waals surface area contributed by atoms with Crippen LogP contribution in [0.15, 0.2) is 0 Å². The average molecular weight is 292 g/mol. The smallest absolute Gasteiger partial charge is 0.225 e. The number of nitrogens with zero attached hydrogens (tertiary/aromatic N) is 2. The molecule has 3 heterocycles. The first-order chi connectivity index (χ1) is 10.3. The Morgan fingerprint density at radius 2 is 1.71 bits per heavy atom. The monoisotopic (exact) mass is 292 g/mol. The van der Waals surface area contributed by atoms with E-state index in [1.165, 1.54) is 38.8 Å². The summed E-state index contributed by atoms with van der Waals surface area (Å²) in [6.45, 7) is 5.32. The largest absolute Gasteiger partial charge is 0.375 e. The third-order valence-electron chi connectivity index (χ3n) is 6.04. The Bertz CT molecular complexity index is 394. The van der Waals surface area contributed by atoms with Crippen LogP contribution in [0.4, 0.5) is 0 Å². The maximum Gasteiger partial charge on any atom is 0.225 e. The Kier molecular flexibility index (Phi) is 3.70. The van der Waals surface area contributed by atoms with Crippen LogP contribution in [0, 0.1) is 5.92 Å². The van der Waals surface area contributed by atoms with Gasteiger partial charge in [-0.1, -0.05) is 0 Å². The third-order valence-corrected chi connectivity index (χ3v) is 6.04. The van der Waals surface area contributed by atoms with Crippen molar-refractivity contribution in [3.8, 4) is 0 Å². The van der Waals surface area contributed by atoms with E-state index < -0.39 is 0 Å². The van der Waals surface area contributed by atoms with E-state index in [-0.39, 0.29) is 5.60 Å². The standard InChI is InChI=1S/C17H28N2O2/c20-16(14-3-4-14)19-10-6-17(7-11-19)13-15(5-12-21-17)18-8-1-2-9-18/h14-15H,1-13H2. The number of hydrogen-bond donors (Lipinski definition) is 0. The number of amides is 1. The van der Waals surface area contributed by atoms with Crippen LogP contribution in [-0.4, -0.2) is 60.1 Å². The molecular formula is C17H28N2O2. The lowest BCUT2D eigenvalue weighted by atomic mass is 9.82. The topological polar surface area (TPSA) is 32.8 Å². The van der Waals surface area contributed by atoms with Gasteiger partial charge in [-0.25, -0.2) is 0 Å². The number of carbonyl (C=O) groups is 1. The molecule has 4 rings (SSSR count). The fourth-order valence-electron chi connectivity index (χ4n) is 4.49. The lowest BCUT2D eigenvalue weighted by Gasteiger charge is -2.48. The number of piperidine rings is 1. The van der Waals surface area contributed by atoms with Crippen molar-refractivity contribution in [1.29, 1.82) is 0 Å². The molecule has 1 spiro atoms. The van der Waals surface area contributed by atoms with Crippen LogP contribution in [0.1, 0.15) is 51.4 Å². The van der Waals surface area contributed by atoms with Gasteiger partial charge in [0, 0.05) is 31.7 Å². The minimum absolute atomic E-state index is 0.0752. The summed E-state index contributed by atoms with van der Waals surface area (Å²) in [5.74, 6) is 0.778. The summed E-state index contributed by atoms with van der Waals surface area (Å²) in [5.41, 5.74) is 0.0752. The van der Waals surface area contributed by atoms with E-state index in [9.17, 15) is 4.79 Å². The predicted molar refractivity (Wildman–Crippen MR) is 81.1 cm³/mol.